The zero-order valence-corrected chi connectivity index (χ0v) is 15.8. The normalized spacial score (nSPS) is 11.1. The van der Waals surface area contributed by atoms with Gasteiger partial charge >= 0.3 is 6.09 Å². The van der Waals surface area contributed by atoms with E-state index >= 15 is 0 Å². The van der Waals surface area contributed by atoms with Gasteiger partial charge in [0.05, 0.1) is 10.5 Å². The van der Waals surface area contributed by atoms with E-state index in [1.807, 2.05) is 0 Å². The number of benzene rings is 2. The number of para-hydroxylation sites is 1. The Morgan fingerprint density at radius 3 is 2.14 bits per heavy atom. The lowest BCUT2D eigenvalue weighted by Gasteiger charge is -2.19. The minimum atomic E-state index is -0.599. The minimum Gasteiger partial charge on any atom is -0.444 e. The standard InChI is InChI=1S/C20H21N3O5/c1-20(2,3)28-19(25)22-16-11-9-15(10-12-16)21-18(24)13-8-14-6-4-5-7-17(14)23(26)27/h4-13H,1-3H3,(H,21,24)(H,22,25). The molecule has 0 saturated carbocycles. The Kier molecular flexibility index (Phi) is 6.49. The third kappa shape index (κ3) is 6.56. The number of rotatable bonds is 5. The van der Waals surface area contributed by atoms with Crippen LogP contribution in [0.1, 0.15) is 26.3 Å². The fraction of sp³-hybridized carbons (Fsp3) is 0.200. The molecule has 0 aliphatic rings. The van der Waals surface area contributed by atoms with Crippen molar-refractivity contribution in [3.63, 3.8) is 0 Å². The number of nitro groups is 1. The molecule has 2 N–H and O–H groups in total. The molecule has 0 aliphatic carbocycles. The smallest absolute Gasteiger partial charge is 0.412 e. The predicted octanol–water partition coefficient (Wildman–Crippen LogP) is 4.59. The van der Waals surface area contributed by atoms with Gasteiger partial charge in [0.2, 0.25) is 5.91 Å². The van der Waals surface area contributed by atoms with Gasteiger partial charge in [0.1, 0.15) is 5.60 Å². The van der Waals surface area contributed by atoms with E-state index in [1.54, 1.807) is 63.2 Å². The third-order valence-electron chi connectivity index (χ3n) is 3.35. The molecule has 0 spiro atoms. The van der Waals surface area contributed by atoms with Crippen molar-refractivity contribution in [2.75, 3.05) is 10.6 Å². The fourth-order valence-corrected chi connectivity index (χ4v) is 2.20. The van der Waals surface area contributed by atoms with Crippen LogP contribution in [0.5, 0.6) is 0 Å². The maximum absolute atomic E-state index is 12.0. The monoisotopic (exact) mass is 383 g/mol. The summed E-state index contributed by atoms with van der Waals surface area (Å²) in [6, 6.07) is 12.6. The summed E-state index contributed by atoms with van der Waals surface area (Å²) in [5.74, 6) is -0.439. The van der Waals surface area contributed by atoms with Gasteiger partial charge < -0.3 is 10.1 Å². The Morgan fingerprint density at radius 2 is 1.57 bits per heavy atom. The van der Waals surface area contributed by atoms with E-state index in [2.05, 4.69) is 10.6 Å². The highest BCUT2D eigenvalue weighted by Crippen LogP contribution is 2.19. The first-order chi connectivity index (χ1) is 13.1. The van der Waals surface area contributed by atoms with Crippen molar-refractivity contribution in [3.05, 3.63) is 70.3 Å². The first-order valence-corrected chi connectivity index (χ1v) is 8.46. The van der Waals surface area contributed by atoms with Crippen molar-refractivity contribution in [3.8, 4) is 0 Å². The van der Waals surface area contributed by atoms with E-state index in [-0.39, 0.29) is 5.69 Å². The average Bonchev–Trinajstić information content (AvgIpc) is 2.60. The van der Waals surface area contributed by atoms with Crippen LogP contribution >= 0.6 is 0 Å². The van der Waals surface area contributed by atoms with E-state index in [0.29, 0.717) is 16.9 Å². The van der Waals surface area contributed by atoms with Crippen molar-refractivity contribution in [1.29, 1.82) is 0 Å². The van der Waals surface area contributed by atoms with Crippen molar-refractivity contribution in [2.24, 2.45) is 0 Å². The van der Waals surface area contributed by atoms with E-state index in [0.717, 1.165) is 0 Å². The van der Waals surface area contributed by atoms with Crippen molar-refractivity contribution < 1.29 is 19.2 Å². The lowest BCUT2D eigenvalue weighted by atomic mass is 10.1. The molecule has 0 saturated heterocycles. The second-order valence-corrected chi connectivity index (χ2v) is 6.84. The van der Waals surface area contributed by atoms with E-state index in [4.69, 9.17) is 4.74 Å². The number of carbonyl (C=O) groups excluding carboxylic acids is 2. The van der Waals surface area contributed by atoms with Crippen LogP contribution in [0.25, 0.3) is 6.08 Å². The molecule has 8 heteroatoms. The van der Waals surface area contributed by atoms with Crippen LogP contribution in [-0.4, -0.2) is 22.5 Å². The molecule has 0 bridgehead atoms. The molecule has 2 aromatic rings. The Balaban J connectivity index is 1.96. The van der Waals surface area contributed by atoms with Crippen molar-refractivity contribution >= 4 is 35.1 Å². The van der Waals surface area contributed by atoms with Gasteiger partial charge in [0.15, 0.2) is 0 Å². The Hall–Kier alpha value is -3.68. The number of ether oxygens (including phenoxy) is 1. The van der Waals surface area contributed by atoms with Gasteiger partial charge in [-0.3, -0.25) is 20.2 Å². The molecule has 0 aromatic heterocycles. The topological polar surface area (TPSA) is 111 Å². The molecule has 0 atom stereocenters. The Bertz CT molecular complexity index is 899. The second-order valence-electron chi connectivity index (χ2n) is 6.84. The van der Waals surface area contributed by atoms with E-state index < -0.39 is 22.5 Å². The molecule has 0 radical (unpaired) electrons. The number of nitro benzene ring substituents is 1. The highest BCUT2D eigenvalue weighted by molar-refractivity contribution is 6.02. The van der Waals surface area contributed by atoms with Gasteiger partial charge in [0.25, 0.3) is 5.69 Å². The van der Waals surface area contributed by atoms with Gasteiger partial charge in [-0.1, -0.05) is 12.1 Å². The highest BCUT2D eigenvalue weighted by Gasteiger charge is 2.16. The number of hydrogen-bond donors (Lipinski definition) is 2. The largest absolute Gasteiger partial charge is 0.444 e. The third-order valence-corrected chi connectivity index (χ3v) is 3.35. The zero-order chi connectivity index (χ0) is 20.7. The maximum Gasteiger partial charge on any atom is 0.412 e. The summed E-state index contributed by atoms with van der Waals surface area (Å²) in [5.41, 5.74) is 0.677. The minimum absolute atomic E-state index is 0.0795. The molecule has 0 heterocycles. The lowest BCUT2D eigenvalue weighted by Crippen LogP contribution is -2.27. The quantitative estimate of drug-likeness (QED) is 0.445. The first kappa shape index (κ1) is 20.6. The number of amides is 2. The van der Waals surface area contributed by atoms with Crippen LogP contribution in [0.3, 0.4) is 0 Å². The number of anilines is 2. The summed E-state index contributed by atoms with van der Waals surface area (Å²) in [5, 5.41) is 16.2. The molecule has 2 rings (SSSR count). The number of carbonyl (C=O) groups is 2. The van der Waals surface area contributed by atoms with Crippen molar-refractivity contribution in [2.45, 2.75) is 26.4 Å². The summed E-state index contributed by atoms with van der Waals surface area (Å²) in [7, 11) is 0. The molecule has 146 valence electrons. The van der Waals surface area contributed by atoms with Crippen LogP contribution in [-0.2, 0) is 9.53 Å². The molecule has 2 aromatic carbocycles. The van der Waals surface area contributed by atoms with Crippen LogP contribution < -0.4 is 10.6 Å². The summed E-state index contributed by atoms with van der Waals surface area (Å²) < 4.78 is 5.16. The van der Waals surface area contributed by atoms with Crippen LogP contribution in [0, 0.1) is 10.1 Å². The molecule has 28 heavy (non-hydrogen) atoms. The molecular formula is C20H21N3O5. The molecule has 0 fully saturated rings. The van der Waals surface area contributed by atoms with Gasteiger partial charge in [-0.05, 0) is 57.2 Å². The Labute approximate surface area is 162 Å². The summed E-state index contributed by atoms with van der Waals surface area (Å²) in [4.78, 5) is 34.2. The van der Waals surface area contributed by atoms with E-state index in [1.165, 1.54) is 18.2 Å². The Morgan fingerprint density at radius 1 is 1.00 bits per heavy atom. The van der Waals surface area contributed by atoms with E-state index in [9.17, 15) is 19.7 Å². The van der Waals surface area contributed by atoms with Crippen LogP contribution in [0.2, 0.25) is 0 Å². The van der Waals surface area contributed by atoms with Crippen LogP contribution in [0.4, 0.5) is 21.9 Å². The van der Waals surface area contributed by atoms with Gasteiger partial charge in [0, 0.05) is 23.5 Å². The summed E-state index contributed by atoms with van der Waals surface area (Å²) in [6.45, 7) is 5.30. The van der Waals surface area contributed by atoms with Crippen LogP contribution in [0.15, 0.2) is 54.6 Å². The highest BCUT2D eigenvalue weighted by atomic mass is 16.6. The predicted molar refractivity (Wildman–Crippen MR) is 107 cm³/mol. The van der Waals surface area contributed by atoms with Crippen molar-refractivity contribution in [1.82, 2.24) is 0 Å². The zero-order valence-electron chi connectivity index (χ0n) is 15.8. The van der Waals surface area contributed by atoms with Gasteiger partial charge in [-0.2, -0.15) is 0 Å². The number of hydrogen-bond acceptors (Lipinski definition) is 5. The molecular weight excluding hydrogens is 362 g/mol. The molecule has 8 nitrogen and oxygen atoms in total. The lowest BCUT2D eigenvalue weighted by molar-refractivity contribution is -0.385. The number of nitrogens with one attached hydrogen (secondary N) is 2. The molecule has 0 aliphatic heterocycles. The fourth-order valence-electron chi connectivity index (χ4n) is 2.20. The average molecular weight is 383 g/mol. The van der Waals surface area contributed by atoms with Gasteiger partial charge in [-0.25, -0.2) is 4.79 Å². The summed E-state index contributed by atoms with van der Waals surface area (Å²) in [6.07, 6.45) is 2.03. The van der Waals surface area contributed by atoms with Gasteiger partial charge in [-0.15, -0.1) is 0 Å². The summed E-state index contributed by atoms with van der Waals surface area (Å²) >= 11 is 0. The second kappa shape index (κ2) is 8.81. The maximum atomic E-state index is 12.0. The molecule has 2 amide bonds. The first-order valence-electron chi connectivity index (χ1n) is 8.46. The number of nitrogens with zero attached hydrogens (tertiary/aromatic N) is 1. The molecule has 0 unspecified atom stereocenters. The SMILES string of the molecule is CC(C)(C)OC(=O)Nc1ccc(NC(=O)C=Cc2ccccc2[N+](=O)[O-])cc1.